The Balaban J connectivity index is 1.89. The molecular weight excluding hydrogens is 273 g/mol. The number of halogens is 3. The van der Waals surface area contributed by atoms with Gasteiger partial charge in [0.15, 0.2) is 0 Å². The van der Waals surface area contributed by atoms with Crippen molar-refractivity contribution < 1.29 is 18.0 Å². The third-order valence-electron chi connectivity index (χ3n) is 3.12. The van der Waals surface area contributed by atoms with Gasteiger partial charge in [-0.25, -0.2) is 4.98 Å². The molecule has 0 unspecified atom stereocenters. The van der Waals surface area contributed by atoms with Gasteiger partial charge < -0.3 is 15.5 Å². The molecule has 2 rings (SSSR count). The molecule has 1 aromatic rings. The summed E-state index contributed by atoms with van der Waals surface area (Å²) >= 11 is 0. The third-order valence-corrected chi connectivity index (χ3v) is 3.12. The van der Waals surface area contributed by atoms with Crippen LogP contribution in [-0.4, -0.2) is 48.1 Å². The lowest BCUT2D eigenvalue weighted by atomic mass is 10.2. The lowest BCUT2D eigenvalue weighted by Crippen LogP contribution is -2.49. The second-order valence-corrected chi connectivity index (χ2v) is 4.60. The van der Waals surface area contributed by atoms with Gasteiger partial charge in [-0.3, -0.25) is 4.79 Å². The normalized spacial score (nSPS) is 16.4. The van der Waals surface area contributed by atoms with Crippen LogP contribution in [0.25, 0.3) is 0 Å². The first kappa shape index (κ1) is 14.4. The molecule has 0 saturated carbocycles. The molecule has 0 aliphatic carbocycles. The highest BCUT2D eigenvalue weighted by Gasteiger charge is 2.34. The molecular formula is C12H15F3N4O. The van der Waals surface area contributed by atoms with E-state index in [0.717, 1.165) is 5.69 Å². The molecule has 2 heterocycles. The van der Waals surface area contributed by atoms with E-state index in [4.69, 9.17) is 5.73 Å². The van der Waals surface area contributed by atoms with Gasteiger partial charge in [0.05, 0.1) is 11.9 Å². The van der Waals surface area contributed by atoms with Gasteiger partial charge >= 0.3 is 6.18 Å². The SMILES string of the molecule is Nc1ccc(N2CCN(C(=O)CC(F)(F)F)CC2)cn1. The van der Waals surface area contributed by atoms with Crippen molar-refractivity contribution in [2.24, 2.45) is 0 Å². The Kier molecular flexibility index (Phi) is 4.01. The van der Waals surface area contributed by atoms with Crippen LogP contribution in [0.5, 0.6) is 0 Å². The minimum Gasteiger partial charge on any atom is -0.384 e. The van der Waals surface area contributed by atoms with E-state index in [9.17, 15) is 18.0 Å². The molecule has 20 heavy (non-hydrogen) atoms. The predicted molar refractivity (Wildman–Crippen MR) is 68.1 cm³/mol. The van der Waals surface area contributed by atoms with E-state index in [1.807, 2.05) is 4.90 Å². The number of amides is 1. The van der Waals surface area contributed by atoms with E-state index < -0.39 is 18.5 Å². The molecule has 1 aromatic heterocycles. The maximum absolute atomic E-state index is 12.2. The van der Waals surface area contributed by atoms with Crippen LogP contribution in [0.15, 0.2) is 18.3 Å². The van der Waals surface area contributed by atoms with Crippen molar-refractivity contribution in [1.29, 1.82) is 0 Å². The number of nitrogens with two attached hydrogens (primary N) is 1. The van der Waals surface area contributed by atoms with Gasteiger partial charge in [-0.1, -0.05) is 0 Å². The van der Waals surface area contributed by atoms with Crippen molar-refractivity contribution in [1.82, 2.24) is 9.88 Å². The van der Waals surface area contributed by atoms with Crippen LogP contribution in [0.4, 0.5) is 24.7 Å². The predicted octanol–water partition coefficient (Wildman–Crippen LogP) is 1.26. The highest BCUT2D eigenvalue weighted by molar-refractivity contribution is 5.77. The smallest absolute Gasteiger partial charge is 0.384 e. The van der Waals surface area contributed by atoms with Crippen molar-refractivity contribution >= 4 is 17.4 Å². The van der Waals surface area contributed by atoms with Gasteiger partial charge in [0.2, 0.25) is 5.91 Å². The molecule has 0 radical (unpaired) electrons. The van der Waals surface area contributed by atoms with E-state index >= 15 is 0 Å². The van der Waals surface area contributed by atoms with Crippen molar-refractivity contribution in [2.75, 3.05) is 36.8 Å². The van der Waals surface area contributed by atoms with E-state index in [1.165, 1.54) is 4.90 Å². The standard InChI is InChI=1S/C12H15F3N4O/c13-12(14,15)7-11(20)19-5-3-18(4-6-19)9-1-2-10(16)17-8-9/h1-2,8H,3-7H2,(H2,16,17). The van der Waals surface area contributed by atoms with Gasteiger partial charge in [0.25, 0.3) is 0 Å². The van der Waals surface area contributed by atoms with Crippen molar-refractivity contribution in [3.63, 3.8) is 0 Å². The summed E-state index contributed by atoms with van der Waals surface area (Å²) in [5, 5.41) is 0. The second-order valence-electron chi connectivity index (χ2n) is 4.60. The number of pyridine rings is 1. The number of aromatic nitrogens is 1. The number of anilines is 2. The van der Waals surface area contributed by atoms with Crippen LogP contribution in [0.1, 0.15) is 6.42 Å². The molecule has 110 valence electrons. The van der Waals surface area contributed by atoms with Crippen LogP contribution in [-0.2, 0) is 4.79 Å². The zero-order chi connectivity index (χ0) is 14.8. The summed E-state index contributed by atoms with van der Waals surface area (Å²) in [7, 11) is 0. The zero-order valence-corrected chi connectivity index (χ0v) is 10.7. The molecule has 1 aliphatic rings. The van der Waals surface area contributed by atoms with Gasteiger partial charge in [-0.15, -0.1) is 0 Å². The van der Waals surface area contributed by atoms with E-state index in [0.29, 0.717) is 18.9 Å². The zero-order valence-electron chi connectivity index (χ0n) is 10.7. The van der Waals surface area contributed by atoms with Crippen LogP contribution < -0.4 is 10.6 Å². The summed E-state index contributed by atoms with van der Waals surface area (Å²) in [5.74, 6) is -0.458. The number of carbonyl (C=O) groups is 1. The summed E-state index contributed by atoms with van der Waals surface area (Å²) in [6, 6.07) is 3.46. The largest absolute Gasteiger partial charge is 0.397 e. The van der Waals surface area contributed by atoms with Gasteiger partial charge in [-0.2, -0.15) is 13.2 Å². The lowest BCUT2D eigenvalue weighted by Gasteiger charge is -2.36. The fourth-order valence-electron chi connectivity index (χ4n) is 2.08. The summed E-state index contributed by atoms with van der Waals surface area (Å²) in [6.45, 7) is 1.52. The molecule has 1 amide bonds. The molecule has 0 spiro atoms. The molecule has 1 saturated heterocycles. The number of hydrogen-bond donors (Lipinski definition) is 1. The second kappa shape index (κ2) is 5.56. The Labute approximate surface area is 114 Å². The highest BCUT2D eigenvalue weighted by atomic mass is 19.4. The topological polar surface area (TPSA) is 62.5 Å². The van der Waals surface area contributed by atoms with Crippen LogP contribution in [0.2, 0.25) is 0 Å². The monoisotopic (exact) mass is 288 g/mol. The molecule has 8 heteroatoms. The Bertz CT molecular complexity index is 467. The third kappa shape index (κ3) is 3.75. The maximum Gasteiger partial charge on any atom is 0.397 e. The molecule has 0 atom stereocenters. The molecule has 1 fully saturated rings. The summed E-state index contributed by atoms with van der Waals surface area (Å²) in [6.07, 6.45) is -4.23. The number of hydrogen-bond acceptors (Lipinski definition) is 4. The summed E-state index contributed by atoms with van der Waals surface area (Å²) in [4.78, 5) is 18.6. The summed E-state index contributed by atoms with van der Waals surface area (Å²) in [5.41, 5.74) is 6.34. The fraction of sp³-hybridized carbons (Fsp3) is 0.500. The average Bonchev–Trinajstić information content (AvgIpc) is 2.38. The van der Waals surface area contributed by atoms with Crippen molar-refractivity contribution in [3.05, 3.63) is 18.3 Å². The highest BCUT2D eigenvalue weighted by Crippen LogP contribution is 2.22. The minimum absolute atomic E-state index is 0.277. The number of piperazine rings is 1. The Morgan fingerprint density at radius 2 is 1.90 bits per heavy atom. The Hall–Kier alpha value is -1.99. The lowest BCUT2D eigenvalue weighted by molar-refractivity contribution is -0.161. The molecule has 5 nitrogen and oxygen atoms in total. The van der Waals surface area contributed by atoms with Gasteiger partial charge in [0.1, 0.15) is 12.2 Å². The van der Waals surface area contributed by atoms with E-state index in [2.05, 4.69) is 4.98 Å². The van der Waals surface area contributed by atoms with Crippen LogP contribution >= 0.6 is 0 Å². The minimum atomic E-state index is -4.45. The Morgan fingerprint density at radius 3 is 2.40 bits per heavy atom. The number of nitrogens with zero attached hydrogens (tertiary/aromatic N) is 3. The van der Waals surface area contributed by atoms with E-state index in [-0.39, 0.29) is 13.1 Å². The number of rotatable bonds is 2. The van der Waals surface area contributed by atoms with Crippen molar-refractivity contribution in [3.8, 4) is 0 Å². The summed E-state index contributed by atoms with van der Waals surface area (Å²) < 4.78 is 36.5. The maximum atomic E-state index is 12.2. The Morgan fingerprint density at radius 1 is 1.25 bits per heavy atom. The first-order chi connectivity index (χ1) is 9.35. The average molecular weight is 288 g/mol. The van der Waals surface area contributed by atoms with Gasteiger partial charge in [-0.05, 0) is 12.1 Å². The fourth-order valence-corrected chi connectivity index (χ4v) is 2.08. The van der Waals surface area contributed by atoms with Crippen LogP contribution in [0, 0.1) is 0 Å². The first-order valence-corrected chi connectivity index (χ1v) is 6.16. The number of carbonyl (C=O) groups excluding carboxylic acids is 1. The molecule has 1 aliphatic heterocycles. The quantitative estimate of drug-likeness (QED) is 0.890. The number of alkyl halides is 3. The van der Waals surface area contributed by atoms with Crippen molar-refractivity contribution in [2.45, 2.75) is 12.6 Å². The first-order valence-electron chi connectivity index (χ1n) is 6.16. The van der Waals surface area contributed by atoms with Gasteiger partial charge in [0, 0.05) is 26.2 Å². The van der Waals surface area contributed by atoms with E-state index in [1.54, 1.807) is 18.3 Å². The molecule has 0 aromatic carbocycles. The molecule has 2 N–H and O–H groups in total. The number of nitrogen functional groups attached to an aromatic ring is 1. The van der Waals surface area contributed by atoms with Crippen LogP contribution in [0.3, 0.4) is 0 Å². The molecule has 0 bridgehead atoms.